The van der Waals surface area contributed by atoms with Gasteiger partial charge in [0, 0.05) is 19.7 Å². The molecule has 2 aliphatic rings. The number of amides is 1. The number of fused-ring (bicyclic) bond motifs is 3. The number of aliphatic hydroxyl groups is 1. The Balaban J connectivity index is 1.92. The van der Waals surface area contributed by atoms with Gasteiger partial charge in [-0.1, -0.05) is 30.3 Å². The van der Waals surface area contributed by atoms with Crippen LogP contribution in [0.5, 0.6) is 5.75 Å². The molecule has 1 N–H and O–H groups in total. The maximum atomic E-state index is 14.0. The van der Waals surface area contributed by atoms with Crippen molar-refractivity contribution in [3.63, 3.8) is 0 Å². The van der Waals surface area contributed by atoms with Crippen molar-refractivity contribution in [1.82, 2.24) is 5.06 Å². The van der Waals surface area contributed by atoms with Gasteiger partial charge in [0.05, 0.1) is 12.5 Å². The molecule has 2 aromatic rings. The number of carbonyl (C=O) groups excluding carboxylic acids is 1. The Hall–Kier alpha value is -2.97. The van der Waals surface area contributed by atoms with Crippen molar-refractivity contribution < 1.29 is 23.9 Å². The van der Waals surface area contributed by atoms with Crippen molar-refractivity contribution in [3.05, 3.63) is 59.9 Å². The molecule has 1 amide bonds. The first-order chi connectivity index (χ1) is 14.5. The van der Waals surface area contributed by atoms with E-state index in [0.29, 0.717) is 24.3 Å². The molecule has 0 aromatic heterocycles. The number of benzene rings is 2. The van der Waals surface area contributed by atoms with Crippen LogP contribution in [0.4, 0.5) is 10.1 Å². The second kappa shape index (κ2) is 8.04. The van der Waals surface area contributed by atoms with Crippen LogP contribution < -0.4 is 9.75 Å². The fourth-order valence-corrected chi connectivity index (χ4v) is 4.35. The Kier molecular flexibility index (Phi) is 5.44. The van der Waals surface area contributed by atoms with Crippen LogP contribution in [0.15, 0.2) is 53.6 Å². The molecule has 7 nitrogen and oxygen atoms in total. The van der Waals surface area contributed by atoms with Gasteiger partial charge >= 0.3 is 0 Å². The molecule has 30 heavy (non-hydrogen) atoms. The van der Waals surface area contributed by atoms with Gasteiger partial charge in [-0.05, 0) is 30.5 Å². The number of hydrazone groups is 1. The second-order valence-electron chi connectivity index (χ2n) is 7.38. The van der Waals surface area contributed by atoms with Gasteiger partial charge < -0.3 is 9.84 Å². The van der Waals surface area contributed by atoms with E-state index in [1.165, 1.54) is 26.3 Å². The van der Waals surface area contributed by atoms with E-state index in [4.69, 9.17) is 14.7 Å². The van der Waals surface area contributed by atoms with Crippen LogP contribution in [0.1, 0.15) is 18.4 Å². The number of halogens is 1. The Morgan fingerprint density at radius 1 is 1.37 bits per heavy atom. The topological polar surface area (TPSA) is 74.6 Å². The lowest BCUT2D eigenvalue weighted by atomic mass is 9.67. The van der Waals surface area contributed by atoms with Gasteiger partial charge in [0.1, 0.15) is 35.6 Å². The van der Waals surface area contributed by atoms with Crippen LogP contribution in [0, 0.1) is 5.82 Å². The fraction of sp³-hybridized carbons (Fsp3) is 0.364. The predicted molar refractivity (Wildman–Crippen MR) is 110 cm³/mol. The van der Waals surface area contributed by atoms with Crippen molar-refractivity contribution in [2.75, 3.05) is 32.4 Å². The van der Waals surface area contributed by atoms with Crippen LogP contribution in [0.25, 0.3) is 0 Å². The van der Waals surface area contributed by atoms with E-state index in [2.05, 4.69) is 0 Å². The highest BCUT2D eigenvalue weighted by Crippen LogP contribution is 2.48. The fourth-order valence-electron chi connectivity index (χ4n) is 4.35. The molecule has 2 atom stereocenters. The highest BCUT2D eigenvalue weighted by Gasteiger charge is 2.57. The Morgan fingerprint density at radius 3 is 2.83 bits per heavy atom. The van der Waals surface area contributed by atoms with Crippen molar-refractivity contribution in [3.8, 4) is 5.75 Å². The molecule has 0 bridgehead atoms. The molecule has 0 saturated heterocycles. The van der Waals surface area contributed by atoms with E-state index in [-0.39, 0.29) is 25.0 Å². The maximum Gasteiger partial charge on any atom is 0.294 e. The molecule has 0 radical (unpaired) electrons. The summed E-state index contributed by atoms with van der Waals surface area (Å²) in [6.45, 7) is 0.227. The van der Waals surface area contributed by atoms with E-state index in [1.807, 2.05) is 30.3 Å². The molecular formula is C22H24FN3O4. The number of anilines is 1. The molecule has 0 unspecified atom stereocenters. The average Bonchev–Trinajstić information content (AvgIpc) is 3.12. The summed E-state index contributed by atoms with van der Waals surface area (Å²) in [6, 6.07) is 13.5. The lowest BCUT2D eigenvalue weighted by molar-refractivity contribution is -0.160. The summed E-state index contributed by atoms with van der Waals surface area (Å²) in [4.78, 5) is 18.5. The molecule has 0 spiro atoms. The summed E-state index contributed by atoms with van der Waals surface area (Å²) in [5, 5.41) is 17.1. The number of nitrogens with zero attached hydrogens (tertiary/aromatic N) is 3. The van der Waals surface area contributed by atoms with Crippen molar-refractivity contribution in [2.45, 2.75) is 24.3 Å². The largest absolute Gasteiger partial charge is 0.489 e. The number of hydroxylamine groups is 2. The Labute approximate surface area is 174 Å². The van der Waals surface area contributed by atoms with Gasteiger partial charge in [-0.3, -0.25) is 14.6 Å². The maximum absolute atomic E-state index is 14.0. The van der Waals surface area contributed by atoms with Crippen LogP contribution in [-0.4, -0.2) is 55.2 Å². The molecule has 0 fully saturated rings. The summed E-state index contributed by atoms with van der Waals surface area (Å²) in [5.41, 5.74) is 0.763. The number of carbonyl (C=O) groups is 1. The lowest BCUT2D eigenvalue weighted by Gasteiger charge is -2.41. The summed E-state index contributed by atoms with van der Waals surface area (Å²) < 4.78 is 20.0. The first-order valence-electron chi connectivity index (χ1n) is 9.82. The average molecular weight is 413 g/mol. The molecule has 2 heterocycles. The first kappa shape index (κ1) is 20.3. The summed E-state index contributed by atoms with van der Waals surface area (Å²) in [7, 11) is 2.93. The van der Waals surface area contributed by atoms with Gasteiger partial charge in [-0.15, -0.1) is 0 Å². The SMILES string of the molecule is CON(C)C(=O)C1=NN2c3cc(F)ccc3OC[C@H]2[C@@]1(CCCO)c1ccccc1. The smallest absolute Gasteiger partial charge is 0.294 e. The van der Waals surface area contributed by atoms with Crippen molar-refractivity contribution in [2.24, 2.45) is 5.10 Å². The van der Waals surface area contributed by atoms with Gasteiger partial charge in [0.15, 0.2) is 0 Å². The number of hydrogen-bond donors (Lipinski definition) is 1. The summed E-state index contributed by atoms with van der Waals surface area (Å²) in [6.07, 6.45) is 0.920. The third-order valence-corrected chi connectivity index (χ3v) is 5.84. The van der Waals surface area contributed by atoms with Gasteiger partial charge in [0.25, 0.3) is 5.91 Å². The third kappa shape index (κ3) is 3.12. The molecule has 2 aliphatic heterocycles. The molecule has 158 valence electrons. The van der Waals surface area contributed by atoms with E-state index < -0.39 is 17.1 Å². The summed E-state index contributed by atoms with van der Waals surface area (Å²) >= 11 is 0. The van der Waals surface area contributed by atoms with Crippen LogP contribution in [0.2, 0.25) is 0 Å². The molecule has 8 heteroatoms. The van der Waals surface area contributed by atoms with Crippen molar-refractivity contribution >= 4 is 17.3 Å². The highest BCUT2D eigenvalue weighted by molar-refractivity contribution is 6.43. The number of rotatable bonds is 6. The molecular weight excluding hydrogens is 389 g/mol. The monoisotopic (exact) mass is 413 g/mol. The van der Waals surface area contributed by atoms with Crippen LogP contribution >= 0.6 is 0 Å². The Morgan fingerprint density at radius 2 is 2.13 bits per heavy atom. The quantitative estimate of drug-likeness (QED) is 0.737. The normalized spacial score (nSPS) is 22.1. The minimum atomic E-state index is -0.863. The van der Waals surface area contributed by atoms with Crippen molar-refractivity contribution in [1.29, 1.82) is 0 Å². The molecule has 4 rings (SSSR count). The van der Waals surface area contributed by atoms with Gasteiger partial charge in [-0.2, -0.15) is 5.10 Å². The first-order valence-corrected chi connectivity index (χ1v) is 9.82. The zero-order valence-electron chi connectivity index (χ0n) is 16.9. The van der Waals surface area contributed by atoms with Crippen LogP contribution in [0.3, 0.4) is 0 Å². The van der Waals surface area contributed by atoms with Gasteiger partial charge in [-0.25, -0.2) is 9.45 Å². The molecule has 2 aromatic carbocycles. The van der Waals surface area contributed by atoms with Crippen LogP contribution in [-0.2, 0) is 15.0 Å². The highest BCUT2D eigenvalue weighted by atomic mass is 19.1. The number of aliphatic hydroxyl groups excluding tert-OH is 1. The number of hydrogen-bond acceptors (Lipinski definition) is 6. The van der Waals surface area contributed by atoms with E-state index in [9.17, 15) is 14.3 Å². The predicted octanol–water partition coefficient (Wildman–Crippen LogP) is 2.49. The van der Waals surface area contributed by atoms with E-state index in [1.54, 1.807) is 11.1 Å². The minimum Gasteiger partial charge on any atom is -0.489 e. The zero-order chi connectivity index (χ0) is 21.3. The third-order valence-electron chi connectivity index (χ3n) is 5.84. The minimum absolute atomic E-state index is 0.0328. The number of ether oxygens (including phenoxy) is 1. The standard InChI is InChI=1S/C22H24FN3O4/c1-25(29-2)21(28)20-22(11-6-12-27,15-7-4-3-5-8-15)19-14-30-18-10-9-16(23)13-17(18)26(19)24-20/h3-5,7-10,13,19,27H,6,11-12,14H2,1-2H3/t19-,22+/m0/s1. The second-order valence-corrected chi connectivity index (χ2v) is 7.38. The Bertz CT molecular complexity index is 968. The lowest BCUT2D eigenvalue weighted by Crippen LogP contribution is -2.55. The molecule has 0 aliphatic carbocycles. The van der Waals surface area contributed by atoms with Gasteiger partial charge in [0.2, 0.25) is 0 Å². The zero-order valence-corrected chi connectivity index (χ0v) is 16.9. The van der Waals surface area contributed by atoms with E-state index in [0.717, 1.165) is 10.6 Å². The summed E-state index contributed by atoms with van der Waals surface area (Å²) in [5.74, 6) is -0.302. The van der Waals surface area contributed by atoms with E-state index >= 15 is 0 Å². The molecule has 0 saturated carbocycles.